The molecular weight excluding hydrogens is 579 g/mol. The standard InChI is InChI=1S/2C12H16BrNO.2ClH/c2*1-14-11-3-2-8-15-12(11)9-4-6-10(13)7-5-9;;/h2*4-7,11-12,14H,2-3,8H2,1H3;2*1H/t2*11-,12+;;/m10../s1. The molecular formula is C24H34Br2Cl2N2O2. The second-order valence-electron chi connectivity index (χ2n) is 7.76. The van der Waals surface area contributed by atoms with Gasteiger partial charge < -0.3 is 20.1 Å². The largest absolute Gasteiger partial charge is 0.372 e. The van der Waals surface area contributed by atoms with Gasteiger partial charge in [-0.3, -0.25) is 0 Å². The van der Waals surface area contributed by atoms with Crippen molar-refractivity contribution < 1.29 is 9.47 Å². The van der Waals surface area contributed by atoms with Crippen molar-refractivity contribution >= 4 is 56.7 Å². The maximum absolute atomic E-state index is 5.83. The highest BCUT2D eigenvalue weighted by Gasteiger charge is 2.26. The van der Waals surface area contributed by atoms with Gasteiger partial charge in [0.05, 0.1) is 12.2 Å². The molecule has 0 radical (unpaired) electrons. The van der Waals surface area contributed by atoms with E-state index in [1.54, 1.807) is 0 Å². The van der Waals surface area contributed by atoms with Gasteiger partial charge in [0.15, 0.2) is 0 Å². The van der Waals surface area contributed by atoms with E-state index in [-0.39, 0.29) is 37.0 Å². The predicted octanol–water partition coefficient (Wildman–Crippen LogP) is 6.62. The summed E-state index contributed by atoms with van der Waals surface area (Å²) in [6.45, 7) is 1.75. The molecule has 0 amide bonds. The van der Waals surface area contributed by atoms with Crippen LogP contribution in [0.4, 0.5) is 0 Å². The number of ether oxygens (including phenoxy) is 2. The summed E-state index contributed by atoms with van der Waals surface area (Å²) in [5.74, 6) is 0. The smallest absolute Gasteiger partial charge is 0.0977 e. The van der Waals surface area contributed by atoms with Crippen LogP contribution in [0.25, 0.3) is 0 Å². The van der Waals surface area contributed by atoms with Crippen molar-refractivity contribution in [1.82, 2.24) is 10.6 Å². The first-order valence-corrected chi connectivity index (χ1v) is 12.3. The van der Waals surface area contributed by atoms with Gasteiger partial charge in [-0.2, -0.15) is 0 Å². The minimum absolute atomic E-state index is 0. The molecule has 2 fully saturated rings. The Bertz CT molecular complexity index is 700. The van der Waals surface area contributed by atoms with Gasteiger partial charge in [-0.15, -0.1) is 24.8 Å². The van der Waals surface area contributed by atoms with E-state index in [0.717, 1.165) is 35.0 Å². The zero-order valence-corrected chi connectivity index (χ0v) is 23.4. The number of hydrogen-bond donors (Lipinski definition) is 2. The topological polar surface area (TPSA) is 42.5 Å². The Kier molecular flexibility index (Phi) is 14.6. The van der Waals surface area contributed by atoms with E-state index in [9.17, 15) is 0 Å². The fraction of sp³-hybridized carbons (Fsp3) is 0.500. The zero-order chi connectivity index (χ0) is 21.3. The van der Waals surface area contributed by atoms with E-state index in [1.165, 1.54) is 24.0 Å². The normalized spacial score (nSPS) is 24.9. The van der Waals surface area contributed by atoms with Crippen molar-refractivity contribution in [2.75, 3.05) is 27.3 Å². The molecule has 4 nitrogen and oxygen atoms in total. The molecule has 0 spiro atoms. The molecule has 2 aliphatic rings. The van der Waals surface area contributed by atoms with E-state index in [2.05, 4.69) is 91.0 Å². The molecule has 0 aliphatic carbocycles. The fourth-order valence-corrected chi connectivity index (χ4v) is 4.64. The fourth-order valence-electron chi connectivity index (χ4n) is 4.12. The van der Waals surface area contributed by atoms with Crippen molar-refractivity contribution in [2.45, 2.75) is 50.0 Å². The summed E-state index contributed by atoms with van der Waals surface area (Å²) in [6.07, 6.45) is 5.10. The predicted molar refractivity (Wildman–Crippen MR) is 144 cm³/mol. The van der Waals surface area contributed by atoms with E-state index >= 15 is 0 Å². The van der Waals surface area contributed by atoms with Crippen molar-refractivity contribution in [3.05, 3.63) is 68.6 Å². The average molecular weight is 613 g/mol. The zero-order valence-electron chi connectivity index (χ0n) is 18.6. The number of rotatable bonds is 4. The molecule has 0 saturated carbocycles. The third-order valence-electron chi connectivity index (χ3n) is 5.78. The van der Waals surface area contributed by atoms with Gasteiger partial charge in [-0.25, -0.2) is 0 Å². The second-order valence-corrected chi connectivity index (χ2v) is 9.59. The lowest BCUT2D eigenvalue weighted by atomic mass is 9.96. The number of benzene rings is 2. The van der Waals surface area contributed by atoms with Gasteiger partial charge in [0.2, 0.25) is 0 Å². The van der Waals surface area contributed by atoms with Gasteiger partial charge in [0, 0.05) is 34.2 Å². The van der Waals surface area contributed by atoms with Gasteiger partial charge in [0.25, 0.3) is 0 Å². The number of halogens is 4. The van der Waals surface area contributed by atoms with Crippen molar-refractivity contribution in [3.63, 3.8) is 0 Å². The third-order valence-corrected chi connectivity index (χ3v) is 6.84. The lowest BCUT2D eigenvalue weighted by Gasteiger charge is -2.31. The number of likely N-dealkylation sites (N-methyl/N-ethyl adjacent to an activating group) is 2. The van der Waals surface area contributed by atoms with Gasteiger partial charge in [-0.1, -0.05) is 56.1 Å². The molecule has 2 N–H and O–H groups in total. The van der Waals surface area contributed by atoms with Crippen LogP contribution in [0.1, 0.15) is 49.0 Å². The van der Waals surface area contributed by atoms with E-state index < -0.39 is 0 Å². The molecule has 2 heterocycles. The first-order valence-electron chi connectivity index (χ1n) is 10.7. The van der Waals surface area contributed by atoms with E-state index in [0.29, 0.717) is 12.1 Å². The average Bonchev–Trinajstić information content (AvgIpc) is 2.80. The minimum atomic E-state index is 0. The number of hydrogen-bond acceptors (Lipinski definition) is 4. The van der Waals surface area contributed by atoms with Crippen LogP contribution < -0.4 is 10.6 Å². The Hall–Kier alpha value is -0.180. The Morgan fingerprint density at radius 1 is 0.656 bits per heavy atom. The van der Waals surface area contributed by atoms with Crippen molar-refractivity contribution in [3.8, 4) is 0 Å². The molecule has 4 atom stereocenters. The quantitative estimate of drug-likeness (QED) is 0.407. The molecule has 0 bridgehead atoms. The minimum Gasteiger partial charge on any atom is -0.372 e. The molecule has 2 aromatic rings. The molecule has 0 unspecified atom stereocenters. The van der Waals surface area contributed by atoms with Gasteiger partial charge >= 0.3 is 0 Å². The summed E-state index contributed by atoms with van der Waals surface area (Å²) in [4.78, 5) is 0. The SMILES string of the molecule is CN[C@@H]1CCCO[C@H]1c1ccc(Br)cc1.CN[C@H]1CCCO[C@@H]1c1ccc(Br)cc1.Cl.Cl. The van der Waals surface area contributed by atoms with Crippen LogP contribution >= 0.6 is 56.7 Å². The van der Waals surface area contributed by atoms with Crippen LogP contribution in [0.3, 0.4) is 0 Å². The lowest BCUT2D eigenvalue weighted by molar-refractivity contribution is -0.00859. The molecule has 2 saturated heterocycles. The van der Waals surface area contributed by atoms with Crippen LogP contribution in [0.5, 0.6) is 0 Å². The molecule has 4 rings (SSSR count). The summed E-state index contributed by atoms with van der Waals surface area (Å²) >= 11 is 6.89. The summed E-state index contributed by atoms with van der Waals surface area (Å²) in [5.41, 5.74) is 2.52. The van der Waals surface area contributed by atoms with Gasteiger partial charge in [0.1, 0.15) is 0 Å². The lowest BCUT2D eigenvalue weighted by Crippen LogP contribution is -2.37. The Labute approximate surface area is 221 Å². The van der Waals surface area contributed by atoms with Crippen molar-refractivity contribution in [2.24, 2.45) is 0 Å². The maximum atomic E-state index is 5.83. The first-order chi connectivity index (χ1) is 14.6. The van der Waals surface area contributed by atoms with Crippen LogP contribution in [-0.4, -0.2) is 39.4 Å². The summed E-state index contributed by atoms with van der Waals surface area (Å²) in [6, 6.07) is 17.7. The van der Waals surface area contributed by atoms with Crippen LogP contribution in [-0.2, 0) is 9.47 Å². The van der Waals surface area contributed by atoms with Crippen LogP contribution in [0.2, 0.25) is 0 Å². The highest BCUT2D eigenvalue weighted by atomic mass is 79.9. The van der Waals surface area contributed by atoms with E-state index in [1.807, 2.05) is 14.1 Å². The third kappa shape index (κ3) is 8.55. The Morgan fingerprint density at radius 2 is 1.00 bits per heavy atom. The first kappa shape index (κ1) is 29.9. The summed E-state index contributed by atoms with van der Waals surface area (Å²) in [7, 11) is 4.01. The molecule has 8 heteroatoms. The highest BCUT2D eigenvalue weighted by molar-refractivity contribution is 9.10. The number of nitrogens with one attached hydrogen (secondary N) is 2. The summed E-state index contributed by atoms with van der Waals surface area (Å²) in [5, 5.41) is 6.66. The Balaban J connectivity index is 0.000000301. The molecule has 0 aromatic heterocycles. The Morgan fingerprint density at radius 3 is 1.31 bits per heavy atom. The monoisotopic (exact) mass is 610 g/mol. The summed E-state index contributed by atoms with van der Waals surface area (Å²) < 4.78 is 13.9. The van der Waals surface area contributed by atoms with Gasteiger partial charge in [-0.05, 0) is 75.2 Å². The van der Waals surface area contributed by atoms with Crippen molar-refractivity contribution in [1.29, 1.82) is 0 Å². The maximum Gasteiger partial charge on any atom is 0.0977 e. The van der Waals surface area contributed by atoms with Crippen LogP contribution in [0.15, 0.2) is 57.5 Å². The molecule has 180 valence electrons. The second kappa shape index (κ2) is 15.7. The molecule has 2 aromatic carbocycles. The molecule has 32 heavy (non-hydrogen) atoms. The van der Waals surface area contributed by atoms with Crippen LogP contribution in [0, 0.1) is 0 Å². The highest BCUT2D eigenvalue weighted by Crippen LogP contribution is 2.30. The van der Waals surface area contributed by atoms with E-state index in [4.69, 9.17) is 9.47 Å². The molecule has 2 aliphatic heterocycles.